The van der Waals surface area contributed by atoms with E-state index >= 15 is 0 Å². The molecule has 4 rings (SSSR count). The van der Waals surface area contributed by atoms with Gasteiger partial charge in [0.1, 0.15) is 0 Å². The summed E-state index contributed by atoms with van der Waals surface area (Å²) in [7, 11) is 0. The van der Waals surface area contributed by atoms with Crippen LogP contribution in [0.3, 0.4) is 0 Å². The van der Waals surface area contributed by atoms with E-state index in [0.717, 1.165) is 22.4 Å². The summed E-state index contributed by atoms with van der Waals surface area (Å²) < 4.78 is 16.4. The van der Waals surface area contributed by atoms with Crippen LogP contribution in [0.1, 0.15) is 36.4 Å². The van der Waals surface area contributed by atoms with Crippen LogP contribution >= 0.6 is 0 Å². The number of amides is 1. The zero-order chi connectivity index (χ0) is 19.5. The topological polar surface area (TPSA) is 86.5 Å². The summed E-state index contributed by atoms with van der Waals surface area (Å²) in [5.41, 5.74) is 2.99. The van der Waals surface area contributed by atoms with Crippen LogP contribution in [-0.2, 0) is 11.2 Å². The molecule has 7 heteroatoms. The van der Waals surface area contributed by atoms with Crippen molar-refractivity contribution in [3.05, 3.63) is 59.5 Å². The van der Waals surface area contributed by atoms with E-state index in [9.17, 15) is 4.79 Å². The van der Waals surface area contributed by atoms with Gasteiger partial charge in [0.05, 0.1) is 6.04 Å². The maximum absolute atomic E-state index is 12.3. The lowest BCUT2D eigenvalue weighted by molar-refractivity contribution is -0.121. The van der Waals surface area contributed by atoms with Crippen LogP contribution in [0.4, 0.5) is 0 Å². The summed E-state index contributed by atoms with van der Waals surface area (Å²) in [5.74, 6) is 2.25. The first-order valence-electron chi connectivity index (χ1n) is 9.17. The molecule has 7 nitrogen and oxygen atoms in total. The van der Waals surface area contributed by atoms with E-state index in [1.54, 1.807) is 0 Å². The van der Waals surface area contributed by atoms with Crippen molar-refractivity contribution >= 4 is 5.91 Å². The highest BCUT2D eigenvalue weighted by Gasteiger charge is 2.17. The molecule has 0 saturated heterocycles. The lowest BCUT2D eigenvalue weighted by Gasteiger charge is -2.14. The molecule has 1 aromatic heterocycles. The number of fused-ring (bicyclic) bond motifs is 1. The molecule has 0 aliphatic carbocycles. The van der Waals surface area contributed by atoms with E-state index < -0.39 is 0 Å². The van der Waals surface area contributed by atoms with Gasteiger partial charge in [0.15, 0.2) is 11.5 Å². The standard InChI is InChI=1S/C21H21N3O4/c1-13-3-5-15(6-4-13)21-24-23-20(28-21)10-9-19(25)22-14(2)16-7-8-17-18(11-16)27-12-26-17/h3-8,11,14H,9-10,12H2,1-2H3,(H,22,25)/t14-/m0/s1. The molecule has 0 fully saturated rings. The maximum atomic E-state index is 12.3. The normalized spacial score (nSPS) is 13.4. The van der Waals surface area contributed by atoms with Crippen LogP contribution in [0.15, 0.2) is 46.9 Å². The number of hydrogen-bond acceptors (Lipinski definition) is 6. The number of carbonyl (C=O) groups excluding carboxylic acids is 1. The van der Waals surface area contributed by atoms with Crippen molar-refractivity contribution in [3.8, 4) is 23.0 Å². The quantitative estimate of drug-likeness (QED) is 0.704. The van der Waals surface area contributed by atoms with Crippen LogP contribution in [0.5, 0.6) is 11.5 Å². The molecule has 1 aliphatic rings. The van der Waals surface area contributed by atoms with Gasteiger partial charge in [0.25, 0.3) is 0 Å². The van der Waals surface area contributed by atoms with Crippen LogP contribution in [-0.4, -0.2) is 22.9 Å². The van der Waals surface area contributed by atoms with Crippen molar-refractivity contribution in [1.29, 1.82) is 0 Å². The zero-order valence-corrected chi connectivity index (χ0v) is 15.8. The second-order valence-electron chi connectivity index (χ2n) is 6.77. The summed E-state index contributed by atoms with van der Waals surface area (Å²) >= 11 is 0. The van der Waals surface area contributed by atoms with Crippen LogP contribution in [0, 0.1) is 6.92 Å². The van der Waals surface area contributed by atoms with Crippen LogP contribution in [0.2, 0.25) is 0 Å². The van der Waals surface area contributed by atoms with E-state index in [4.69, 9.17) is 13.9 Å². The predicted molar refractivity (Wildman–Crippen MR) is 102 cm³/mol. The Morgan fingerprint density at radius 3 is 2.71 bits per heavy atom. The highest BCUT2D eigenvalue weighted by Crippen LogP contribution is 2.34. The largest absolute Gasteiger partial charge is 0.454 e. The Labute approximate surface area is 162 Å². The minimum atomic E-state index is -0.146. The average molecular weight is 379 g/mol. The summed E-state index contributed by atoms with van der Waals surface area (Å²) in [4.78, 5) is 12.3. The summed E-state index contributed by atoms with van der Waals surface area (Å²) in [6.07, 6.45) is 0.656. The van der Waals surface area contributed by atoms with E-state index in [-0.39, 0.29) is 25.2 Å². The van der Waals surface area contributed by atoms with Gasteiger partial charge < -0.3 is 19.2 Å². The molecular weight excluding hydrogens is 358 g/mol. The fourth-order valence-electron chi connectivity index (χ4n) is 2.97. The molecular formula is C21H21N3O4. The van der Waals surface area contributed by atoms with Crippen LogP contribution in [0.25, 0.3) is 11.5 Å². The Bertz CT molecular complexity index is 982. The molecule has 0 radical (unpaired) electrons. The van der Waals surface area contributed by atoms with E-state index in [2.05, 4.69) is 15.5 Å². The molecule has 0 bridgehead atoms. The second-order valence-corrected chi connectivity index (χ2v) is 6.77. The highest BCUT2D eigenvalue weighted by atomic mass is 16.7. The average Bonchev–Trinajstić information content (AvgIpc) is 3.35. The first-order chi connectivity index (χ1) is 13.6. The van der Waals surface area contributed by atoms with Gasteiger partial charge in [-0.15, -0.1) is 10.2 Å². The molecule has 1 N–H and O–H groups in total. The Hall–Kier alpha value is -3.35. The molecule has 1 amide bonds. The first-order valence-corrected chi connectivity index (χ1v) is 9.17. The third kappa shape index (κ3) is 3.98. The van der Waals surface area contributed by atoms with Gasteiger partial charge in [-0.05, 0) is 43.7 Å². The number of nitrogens with zero attached hydrogens (tertiary/aromatic N) is 2. The smallest absolute Gasteiger partial charge is 0.247 e. The molecule has 0 spiro atoms. The van der Waals surface area contributed by atoms with Gasteiger partial charge in [-0.25, -0.2) is 0 Å². The number of ether oxygens (including phenoxy) is 2. The van der Waals surface area contributed by atoms with Crippen molar-refractivity contribution in [2.75, 3.05) is 6.79 Å². The minimum Gasteiger partial charge on any atom is -0.454 e. The fraction of sp³-hybridized carbons (Fsp3) is 0.286. The Morgan fingerprint density at radius 2 is 1.89 bits per heavy atom. The van der Waals surface area contributed by atoms with Gasteiger partial charge in [-0.3, -0.25) is 4.79 Å². The number of benzene rings is 2. The second kappa shape index (κ2) is 7.72. The molecule has 144 valence electrons. The Kier molecular flexibility index (Phi) is 4.97. The molecule has 0 unspecified atom stereocenters. The number of nitrogens with one attached hydrogen (secondary N) is 1. The lowest BCUT2D eigenvalue weighted by Crippen LogP contribution is -2.26. The molecule has 1 aliphatic heterocycles. The van der Waals surface area contributed by atoms with Crippen molar-refractivity contribution < 1.29 is 18.7 Å². The van der Waals surface area contributed by atoms with Gasteiger partial charge in [0, 0.05) is 18.4 Å². The molecule has 2 heterocycles. The SMILES string of the molecule is Cc1ccc(-c2nnc(CCC(=O)N[C@@H](C)c3ccc4c(c3)OCO4)o2)cc1. The van der Waals surface area contributed by atoms with Gasteiger partial charge in [-0.2, -0.15) is 0 Å². The minimum absolute atomic E-state index is 0.0831. The van der Waals surface area contributed by atoms with Gasteiger partial charge in [-0.1, -0.05) is 23.8 Å². The molecule has 0 saturated carbocycles. The maximum Gasteiger partial charge on any atom is 0.247 e. The van der Waals surface area contributed by atoms with Crippen molar-refractivity contribution in [3.63, 3.8) is 0 Å². The third-order valence-electron chi connectivity index (χ3n) is 4.61. The number of aryl methyl sites for hydroxylation is 2. The van der Waals surface area contributed by atoms with E-state index in [1.807, 2.05) is 56.3 Å². The van der Waals surface area contributed by atoms with Crippen LogP contribution < -0.4 is 14.8 Å². The Balaban J connectivity index is 1.31. The summed E-state index contributed by atoms with van der Waals surface area (Å²) in [6.45, 7) is 4.18. The van der Waals surface area contributed by atoms with E-state index in [0.29, 0.717) is 24.0 Å². The zero-order valence-electron chi connectivity index (χ0n) is 15.8. The fourth-order valence-corrected chi connectivity index (χ4v) is 2.97. The molecule has 2 aromatic carbocycles. The van der Waals surface area contributed by atoms with Crippen molar-refractivity contribution in [1.82, 2.24) is 15.5 Å². The summed E-state index contributed by atoms with van der Waals surface area (Å²) in [5, 5.41) is 11.1. The van der Waals surface area contributed by atoms with Gasteiger partial charge in [0.2, 0.25) is 24.5 Å². The number of rotatable bonds is 6. The monoisotopic (exact) mass is 379 g/mol. The predicted octanol–water partition coefficient (Wildman–Crippen LogP) is 3.58. The molecule has 3 aromatic rings. The highest BCUT2D eigenvalue weighted by molar-refractivity contribution is 5.76. The summed E-state index contributed by atoms with van der Waals surface area (Å²) in [6, 6.07) is 13.4. The third-order valence-corrected chi connectivity index (χ3v) is 4.61. The molecule has 1 atom stereocenters. The lowest BCUT2D eigenvalue weighted by atomic mass is 10.1. The molecule has 28 heavy (non-hydrogen) atoms. The Morgan fingerprint density at radius 1 is 1.11 bits per heavy atom. The number of hydrogen-bond donors (Lipinski definition) is 1. The van der Waals surface area contributed by atoms with E-state index in [1.165, 1.54) is 0 Å². The first kappa shape index (κ1) is 18.0. The van der Waals surface area contributed by atoms with Crippen molar-refractivity contribution in [2.45, 2.75) is 32.7 Å². The number of carbonyl (C=O) groups is 1. The number of aromatic nitrogens is 2. The van der Waals surface area contributed by atoms with Gasteiger partial charge >= 0.3 is 0 Å². The van der Waals surface area contributed by atoms with Crippen molar-refractivity contribution in [2.24, 2.45) is 0 Å².